The van der Waals surface area contributed by atoms with Crippen molar-refractivity contribution in [3.8, 4) is 0 Å². The zero-order chi connectivity index (χ0) is 9.90. The van der Waals surface area contributed by atoms with Gasteiger partial charge in [-0.3, -0.25) is 0 Å². The van der Waals surface area contributed by atoms with Crippen LogP contribution in [0.1, 0.15) is 32.1 Å². The lowest BCUT2D eigenvalue weighted by atomic mass is 9.90. The van der Waals surface area contributed by atoms with Crippen LogP contribution in [0.25, 0.3) is 0 Å². The lowest BCUT2D eigenvalue weighted by Gasteiger charge is -2.22. The predicted octanol–water partition coefficient (Wildman–Crippen LogP) is 3.30. The van der Waals surface area contributed by atoms with E-state index in [2.05, 4.69) is 38.0 Å². The first-order chi connectivity index (χ1) is 6.03. The van der Waals surface area contributed by atoms with Crippen LogP contribution in [0.15, 0.2) is 6.20 Å². The Balaban J connectivity index is 2.43. The maximum absolute atomic E-state index is 4.26. The van der Waals surface area contributed by atoms with Crippen molar-refractivity contribution in [3.63, 3.8) is 0 Å². The van der Waals surface area contributed by atoms with Crippen molar-refractivity contribution in [1.82, 2.24) is 4.98 Å². The molecule has 0 aromatic carbocycles. The standard InChI is InChI=1S/C10H18N2S/c1-5-10(3,4)7-12-9-11-6-8(2)13-9/h6H,5,7H2,1-4H3,(H,11,12). The summed E-state index contributed by atoms with van der Waals surface area (Å²) < 4.78 is 0. The molecule has 0 aliphatic heterocycles. The van der Waals surface area contributed by atoms with Gasteiger partial charge in [-0.2, -0.15) is 0 Å². The van der Waals surface area contributed by atoms with E-state index in [1.807, 2.05) is 6.20 Å². The van der Waals surface area contributed by atoms with Crippen molar-refractivity contribution < 1.29 is 0 Å². The van der Waals surface area contributed by atoms with Gasteiger partial charge in [0, 0.05) is 17.6 Å². The largest absolute Gasteiger partial charge is 0.361 e. The summed E-state index contributed by atoms with van der Waals surface area (Å²) in [7, 11) is 0. The molecule has 3 heteroatoms. The third-order valence-corrected chi connectivity index (χ3v) is 3.17. The minimum Gasteiger partial charge on any atom is -0.361 e. The Morgan fingerprint density at radius 1 is 1.54 bits per heavy atom. The van der Waals surface area contributed by atoms with Crippen LogP contribution in [0.4, 0.5) is 5.13 Å². The van der Waals surface area contributed by atoms with E-state index in [0.717, 1.165) is 11.7 Å². The zero-order valence-electron chi connectivity index (χ0n) is 8.85. The van der Waals surface area contributed by atoms with Gasteiger partial charge in [0.05, 0.1) is 0 Å². The molecule has 0 bridgehead atoms. The predicted molar refractivity (Wildman–Crippen MR) is 59.4 cm³/mol. The first-order valence-electron chi connectivity index (χ1n) is 4.70. The van der Waals surface area contributed by atoms with Crippen LogP contribution in [-0.2, 0) is 0 Å². The highest BCUT2D eigenvalue weighted by molar-refractivity contribution is 7.15. The SMILES string of the molecule is CCC(C)(C)CNc1ncc(C)s1. The van der Waals surface area contributed by atoms with E-state index >= 15 is 0 Å². The summed E-state index contributed by atoms with van der Waals surface area (Å²) in [5, 5.41) is 4.40. The molecule has 0 aliphatic rings. The van der Waals surface area contributed by atoms with Gasteiger partial charge in [-0.1, -0.05) is 20.8 Å². The van der Waals surface area contributed by atoms with Crippen LogP contribution in [-0.4, -0.2) is 11.5 Å². The molecular formula is C10H18N2S. The van der Waals surface area contributed by atoms with Crippen molar-refractivity contribution in [3.05, 3.63) is 11.1 Å². The fourth-order valence-electron chi connectivity index (χ4n) is 0.876. The molecule has 0 aliphatic carbocycles. The van der Waals surface area contributed by atoms with Crippen molar-refractivity contribution in [1.29, 1.82) is 0 Å². The lowest BCUT2D eigenvalue weighted by molar-refractivity contribution is 0.377. The van der Waals surface area contributed by atoms with Crippen LogP contribution < -0.4 is 5.32 Å². The Labute approximate surface area is 84.4 Å². The smallest absolute Gasteiger partial charge is 0.182 e. The summed E-state index contributed by atoms with van der Waals surface area (Å²) in [4.78, 5) is 5.52. The van der Waals surface area contributed by atoms with Crippen molar-refractivity contribution in [2.24, 2.45) is 5.41 Å². The number of hydrogen-bond donors (Lipinski definition) is 1. The van der Waals surface area contributed by atoms with Crippen LogP contribution in [0.3, 0.4) is 0 Å². The quantitative estimate of drug-likeness (QED) is 0.803. The normalized spacial score (nSPS) is 11.7. The van der Waals surface area contributed by atoms with Gasteiger partial charge >= 0.3 is 0 Å². The van der Waals surface area contributed by atoms with Gasteiger partial charge in [-0.05, 0) is 18.8 Å². The van der Waals surface area contributed by atoms with Crippen molar-refractivity contribution in [2.45, 2.75) is 34.1 Å². The third kappa shape index (κ3) is 3.35. The molecule has 0 saturated carbocycles. The summed E-state index contributed by atoms with van der Waals surface area (Å²) in [6.45, 7) is 9.82. The Hall–Kier alpha value is -0.570. The van der Waals surface area contributed by atoms with Gasteiger partial charge in [0.2, 0.25) is 0 Å². The second kappa shape index (κ2) is 4.09. The molecule has 0 saturated heterocycles. The average Bonchev–Trinajstić information content (AvgIpc) is 2.48. The van der Waals surface area contributed by atoms with E-state index in [1.165, 1.54) is 11.3 Å². The molecule has 1 rings (SSSR count). The van der Waals surface area contributed by atoms with Gasteiger partial charge in [-0.25, -0.2) is 4.98 Å². The molecule has 1 N–H and O–H groups in total. The van der Waals surface area contributed by atoms with Gasteiger partial charge < -0.3 is 5.32 Å². The van der Waals surface area contributed by atoms with Crippen LogP contribution in [0, 0.1) is 12.3 Å². The van der Waals surface area contributed by atoms with E-state index in [9.17, 15) is 0 Å². The highest BCUT2D eigenvalue weighted by Crippen LogP contribution is 2.22. The molecule has 0 radical (unpaired) electrons. The van der Waals surface area contributed by atoms with E-state index in [1.54, 1.807) is 11.3 Å². The van der Waals surface area contributed by atoms with E-state index in [4.69, 9.17) is 0 Å². The summed E-state index contributed by atoms with van der Waals surface area (Å²) in [6, 6.07) is 0. The van der Waals surface area contributed by atoms with E-state index < -0.39 is 0 Å². The van der Waals surface area contributed by atoms with E-state index in [0.29, 0.717) is 5.41 Å². The number of nitrogens with zero attached hydrogens (tertiary/aromatic N) is 1. The van der Waals surface area contributed by atoms with Gasteiger partial charge in [-0.15, -0.1) is 11.3 Å². The van der Waals surface area contributed by atoms with Crippen LogP contribution in [0.2, 0.25) is 0 Å². The van der Waals surface area contributed by atoms with Gasteiger partial charge in [0.25, 0.3) is 0 Å². The first-order valence-corrected chi connectivity index (χ1v) is 5.51. The average molecular weight is 198 g/mol. The Morgan fingerprint density at radius 2 is 2.23 bits per heavy atom. The second-order valence-corrected chi connectivity index (χ2v) is 5.38. The third-order valence-electron chi connectivity index (χ3n) is 2.30. The first kappa shape index (κ1) is 10.5. The maximum atomic E-state index is 4.26. The minimum atomic E-state index is 0.361. The highest BCUT2D eigenvalue weighted by Gasteiger charge is 2.14. The van der Waals surface area contributed by atoms with Crippen LogP contribution in [0.5, 0.6) is 0 Å². The number of anilines is 1. The fraction of sp³-hybridized carbons (Fsp3) is 0.700. The number of thiazole rings is 1. The fourth-order valence-corrected chi connectivity index (χ4v) is 1.54. The zero-order valence-corrected chi connectivity index (χ0v) is 9.66. The molecule has 0 fully saturated rings. The lowest BCUT2D eigenvalue weighted by Crippen LogP contribution is -2.21. The molecule has 74 valence electrons. The topological polar surface area (TPSA) is 24.9 Å². The van der Waals surface area contributed by atoms with E-state index in [-0.39, 0.29) is 0 Å². The van der Waals surface area contributed by atoms with Crippen molar-refractivity contribution >= 4 is 16.5 Å². The molecule has 0 unspecified atom stereocenters. The number of rotatable bonds is 4. The Bertz CT molecular complexity index is 266. The molecule has 2 nitrogen and oxygen atoms in total. The molecule has 0 atom stereocenters. The second-order valence-electron chi connectivity index (χ2n) is 4.15. The van der Waals surface area contributed by atoms with Crippen LogP contribution >= 0.6 is 11.3 Å². The highest BCUT2D eigenvalue weighted by atomic mass is 32.1. The van der Waals surface area contributed by atoms with Gasteiger partial charge in [0.15, 0.2) is 5.13 Å². The molecule has 1 aromatic heterocycles. The maximum Gasteiger partial charge on any atom is 0.182 e. The van der Waals surface area contributed by atoms with Gasteiger partial charge in [0.1, 0.15) is 0 Å². The summed E-state index contributed by atoms with van der Waals surface area (Å²) >= 11 is 1.72. The molecular weight excluding hydrogens is 180 g/mol. The Morgan fingerprint density at radius 3 is 2.69 bits per heavy atom. The summed E-state index contributed by atoms with van der Waals surface area (Å²) in [5.74, 6) is 0. The van der Waals surface area contributed by atoms with Crippen molar-refractivity contribution in [2.75, 3.05) is 11.9 Å². The number of hydrogen-bond acceptors (Lipinski definition) is 3. The summed E-state index contributed by atoms with van der Waals surface area (Å²) in [6.07, 6.45) is 3.09. The minimum absolute atomic E-state index is 0.361. The monoisotopic (exact) mass is 198 g/mol. The molecule has 0 spiro atoms. The molecule has 13 heavy (non-hydrogen) atoms. The molecule has 1 heterocycles. The Kier molecular flexibility index (Phi) is 3.31. The number of nitrogens with one attached hydrogen (secondary N) is 1. The summed E-state index contributed by atoms with van der Waals surface area (Å²) in [5.41, 5.74) is 0.361. The molecule has 1 aromatic rings. The number of aromatic nitrogens is 1. The number of aryl methyl sites for hydroxylation is 1. The molecule has 0 amide bonds.